The zero-order valence-electron chi connectivity index (χ0n) is 11.3. The molecule has 1 saturated carbocycles. The molecule has 2 fully saturated rings. The molecule has 0 radical (unpaired) electrons. The lowest BCUT2D eigenvalue weighted by Crippen LogP contribution is -2.34. The Balaban J connectivity index is 2.04. The second-order valence-corrected chi connectivity index (χ2v) is 6.56. The first-order valence-electron chi connectivity index (χ1n) is 6.93. The van der Waals surface area contributed by atoms with E-state index in [2.05, 4.69) is 13.8 Å². The molecule has 3 heteroatoms. The summed E-state index contributed by atoms with van der Waals surface area (Å²) >= 11 is 0. The van der Waals surface area contributed by atoms with E-state index in [-0.39, 0.29) is 19.0 Å². The van der Waals surface area contributed by atoms with E-state index in [0.29, 0.717) is 11.3 Å². The van der Waals surface area contributed by atoms with E-state index in [1.54, 1.807) is 0 Å². The Labute approximate surface area is 104 Å². The summed E-state index contributed by atoms with van der Waals surface area (Å²) in [6, 6.07) is 0.0884. The Hall–Kier alpha value is -0.180. The maximum absolute atomic E-state index is 13.4. The van der Waals surface area contributed by atoms with Gasteiger partial charge in [0, 0.05) is 12.5 Å². The molecule has 1 aliphatic heterocycles. The molecule has 1 heterocycles. The summed E-state index contributed by atoms with van der Waals surface area (Å²) in [5.74, 6) is -1.84. The molecule has 0 aromatic rings. The van der Waals surface area contributed by atoms with Crippen LogP contribution in [-0.2, 0) is 0 Å². The van der Waals surface area contributed by atoms with Gasteiger partial charge in [0.05, 0.1) is 6.54 Å². The molecule has 0 N–H and O–H groups in total. The van der Waals surface area contributed by atoms with E-state index >= 15 is 0 Å². The van der Waals surface area contributed by atoms with Crippen LogP contribution in [0.5, 0.6) is 0 Å². The Kier molecular flexibility index (Phi) is 3.50. The summed E-state index contributed by atoms with van der Waals surface area (Å²) in [4.78, 5) is 1.88. The predicted molar refractivity (Wildman–Crippen MR) is 66.3 cm³/mol. The van der Waals surface area contributed by atoms with Gasteiger partial charge in [0.1, 0.15) is 0 Å². The molecule has 0 amide bonds. The fourth-order valence-corrected chi connectivity index (χ4v) is 3.85. The second-order valence-electron chi connectivity index (χ2n) is 6.56. The molecule has 1 atom stereocenters. The highest BCUT2D eigenvalue weighted by Crippen LogP contribution is 2.50. The van der Waals surface area contributed by atoms with Crippen molar-refractivity contribution in [1.82, 2.24) is 4.90 Å². The first-order valence-corrected chi connectivity index (χ1v) is 6.93. The van der Waals surface area contributed by atoms with Crippen LogP contribution in [0.25, 0.3) is 0 Å². The van der Waals surface area contributed by atoms with E-state index in [4.69, 9.17) is 0 Å². The third-order valence-electron chi connectivity index (χ3n) is 5.10. The highest BCUT2D eigenvalue weighted by atomic mass is 19.3. The van der Waals surface area contributed by atoms with Crippen LogP contribution in [0.1, 0.15) is 52.4 Å². The van der Waals surface area contributed by atoms with Crippen molar-refractivity contribution < 1.29 is 8.78 Å². The molecule has 1 aliphatic carbocycles. The van der Waals surface area contributed by atoms with E-state index in [1.807, 2.05) is 11.9 Å². The first kappa shape index (κ1) is 13.3. The van der Waals surface area contributed by atoms with Crippen LogP contribution in [0.4, 0.5) is 8.78 Å². The van der Waals surface area contributed by atoms with Crippen LogP contribution < -0.4 is 0 Å². The van der Waals surface area contributed by atoms with Crippen LogP contribution in [0.2, 0.25) is 0 Å². The van der Waals surface area contributed by atoms with Gasteiger partial charge in [0.25, 0.3) is 5.92 Å². The van der Waals surface area contributed by atoms with Gasteiger partial charge in [-0.25, -0.2) is 8.78 Å². The van der Waals surface area contributed by atoms with Crippen molar-refractivity contribution in [2.24, 2.45) is 11.3 Å². The minimum Gasteiger partial charge on any atom is -0.297 e. The van der Waals surface area contributed by atoms with E-state index in [9.17, 15) is 8.78 Å². The Morgan fingerprint density at radius 2 is 1.82 bits per heavy atom. The zero-order valence-corrected chi connectivity index (χ0v) is 11.3. The molecule has 0 aromatic carbocycles. The Bertz CT molecular complexity index is 269. The number of rotatable bonds is 3. The normalized spacial score (nSPS) is 32.5. The van der Waals surface area contributed by atoms with Crippen LogP contribution in [-0.4, -0.2) is 30.5 Å². The van der Waals surface area contributed by atoms with E-state index in [1.165, 1.54) is 25.7 Å². The number of nitrogens with zero attached hydrogens (tertiary/aromatic N) is 1. The molecular formula is C14H25F2N. The first-order chi connectivity index (χ1) is 7.85. The number of alkyl halides is 2. The minimum atomic E-state index is -2.46. The lowest BCUT2D eigenvalue weighted by molar-refractivity contribution is 0.0134. The van der Waals surface area contributed by atoms with Crippen molar-refractivity contribution in [2.45, 2.75) is 64.3 Å². The zero-order chi connectivity index (χ0) is 12.7. The predicted octanol–water partition coefficient (Wildman–Crippen LogP) is 3.93. The molecule has 0 spiro atoms. The Morgan fingerprint density at radius 1 is 1.24 bits per heavy atom. The van der Waals surface area contributed by atoms with Gasteiger partial charge in [-0.15, -0.1) is 0 Å². The smallest absolute Gasteiger partial charge is 0.262 e. The van der Waals surface area contributed by atoms with Crippen molar-refractivity contribution >= 4 is 0 Å². The van der Waals surface area contributed by atoms with Gasteiger partial charge in [0.2, 0.25) is 0 Å². The standard InChI is InChI=1S/C14H25F2N/c1-11(2)13(6-4-5-7-13)8-12-9-14(15,16)10-17(12)3/h11-12H,4-10H2,1-3H3. The summed E-state index contributed by atoms with van der Waals surface area (Å²) in [6.07, 6.45) is 6.08. The number of hydrogen-bond donors (Lipinski definition) is 0. The van der Waals surface area contributed by atoms with Crippen LogP contribution in [0.15, 0.2) is 0 Å². The average Bonchev–Trinajstić information content (AvgIpc) is 2.73. The molecule has 1 nitrogen and oxygen atoms in total. The van der Waals surface area contributed by atoms with Crippen molar-refractivity contribution in [3.8, 4) is 0 Å². The molecule has 17 heavy (non-hydrogen) atoms. The summed E-state index contributed by atoms with van der Waals surface area (Å²) in [5.41, 5.74) is 0.333. The lowest BCUT2D eigenvalue weighted by Gasteiger charge is -2.37. The maximum atomic E-state index is 13.4. The highest BCUT2D eigenvalue weighted by molar-refractivity contribution is 4.96. The van der Waals surface area contributed by atoms with E-state index in [0.717, 1.165) is 6.42 Å². The van der Waals surface area contributed by atoms with Crippen LogP contribution in [0.3, 0.4) is 0 Å². The van der Waals surface area contributed by atoms with Gasteiger partial charge in [-0.3, -0.25) is 4.90 Å². The van der Waals surface area contributed by atoms with Crippen molar-refractivity contribution in [3.63, 3.8) is 0 Å². The molecule has 0 bridgehead atoms. The fourth-order valence-electron chi connectivity index (χ4n) is 3.85. The van der Waals surface area contributed by atoms with Crippen molar-refractivity contribution in [2.75, 3.05) is 13.6 Å². The topological polar surface area (TPSA) is 3.24 Å². The fraction of sp³-hybridized carbons (Fsp3) is 1.00. The van der Waals surface area contributed by atoms with Gasteiger partial charge in [-0.2, -0.15) is 0 Å². The van der Waals surface area contributed by atoms with Gasteiger partial charge >= 0.3 is 0 Å². The molecule has 1 saturated heterocycles. The molecule has 0 aromatic heterocycles. The van der Waals surface area contributed by atoms with E-state index < -0.39 is 5.92 Å². The van der Waals surface area contributed by atoms with Gasteiger partial charge < -0.3 is 0 Å². The highest BCUT2D eigenvalue weighted by Gasteiger charge is 2.47. The molecular weight excluding hydrogens is 220 g/mol. The minimum absolute atomic E-state index is 0.0498. The SMILES string of the molecule is CC(C)C1(CC2CC(F)(F)CN2C)CCCC1. The summed E-state index contributed by atoms with van der Waals surface area (Å²) in [7, 11) is 1.86. The van der Waals surface area contributed by atoms with Gasteiger partial charge in [-0.05, 0) is 37.6 Å². The largest absolute Gasteiger partial charge is 0.297 e. The maximum Gasteiger partial charge on any atom is 0.262 e. The summed E-state index contributed by atoms with van der Waals surface area (Å²) < 4.78 is 26.8. The second kappa shape index (κ2) is 4.49. The lowest BCUT2D eigenvalue weighted by atomic mass is 9.71. The Morgan fingerprint density at radius 3 is 2.24 bits per heavy atom. The quantitative estimate of drug-likeness (QED) is 0.728. The number of hydrogen-bond acceptors (Lipinski definition) is 1. The molecule has 2 rings (SSSR count). The van der Waals surface area contributed by atoms with Crippen LogP contribution in [0, 0.1) is 11.3 Å². The third-order valence-corrected chi connectivity index (χ3v) is 5.10. The molecule has 1 unspecified atom stereocenters. The summed E-state index contributed by atoms with van der Waals surface area (Å²) in [5, 5.41) is 0. The summed E-state index contributed by atoms with van der Waals surface area (Å²) in [6.45, 7) is 4.47. The van der Waals surface area contributed by atoms with Gasteiger partial charge in [0.15, 0.2) is 0 Å². The number of likely N-dealkylation sites (tertiary alicyclic amines) is 1. The van der Waals surface area contributed by atoms with Crippen molar-refractivity contribution in [3.05, 3.63) is 0 Å². The monoisotopic (exact) mass is 245 g/mol. The molecule has 100 valence electrons. The van der Waals surface area contributed by atoms with Gasteiger partial charge in [-0.1, -0.05) is 26.7 Å². The molecule has 2 aliphatic rings. The third kappa shape index (κ3) is 2.64. The number of halogens is 2. The average molecular weight is 245 g/mol. The van der Waals surface area contributed by atoms with Crippen molar-refractivity contribution in [1.29, 1.82) is 0 Å². The van der Waals surface area contributed by atoms with Crippen LogP contribution >= 0.6 is 0 Å².